The monoisotopic (exact) mass is 283 g/mol. The average Bonchev–Trinajstić information content (AvgIpc) is 2.50. The summed E-state index contributed by atoms with van der Waals surface area (Å²) in [6.07, 6.45) is 3.36. The van der Waals surface area contributed by atoms with Crippen molar-refractivity contribution in [2.24, 2.45) is 0 Å². The highest BCUT2D eigenvalue weighted by Gasteiger charge is 2.00. The first-order chi connectivity index (χ1) is 10.1. The van der Waals surface area contributed by atoms with Crippen molar-refractivity contribution in [2.75, 3.05) is 13.7 Å². The lowest BCUT2D eigenvalue weighted by atomic mass is 10.0. The molecule has 2 aromatic rings. The van der Waals surface area contributed by atoms with Crippen LogP contribution in [0.15, 0.2) is 42.0 Å². The zero-order chi connectivity index (χ0) is 15.2. The van der Waals surface area contributed by atoms with E-state index in [4.69, 9.17) is 4.74 Å². The summed E-state index contributed by atoms with van der Waals surface area (Å²) in [6.45, 7) is 7.52. The van der Waals surface area contributed by atoms with Gasteiger partial charge in [0.15, 0.2) is 0 Å². The fraction of sp³-hybridized carbons (Fsp3) is 0.368. The number of methoxy groups -OCH3 is 1. The molecule has 2 aromatic carbocycles. The molecule has 0 amide bonds. The SMILES string of the molecule is CCC(=Cc1ccc2cc(OC)ccc2c1)CNC(C)C. The summed E-state index contributed by atoms with van der Waals surface area (Å²) in [5.74, 6) is 0.904. The number of hydrogen-bond donors (Lipinski definition) is 1. The van der Waals surface area contributed by atoms with Crippen molar-refractivity contribution < 1.29 is 4.74 Å². The van der Waals surface area contributed by atoms with Gasteiger partial charge < -0.3 is 10.1 Å². The Hall–Kier alpha value is -1.80. The maximum Gasteiger partial charge on any atom is 0.119 e. The molecule has 0 aliphatic heterocycles. The quantitative estimate of drug-likeness (QED) is 0.834. The number of fused-ring (bicyclic) bond motifs is 1. The van der Waals surface area contributed by atoms with Gasteiger partial charge in [-0.3, -0.25) is 0 Å². The Labute approximate surface area is 127 Å². The maximum absolute atomic E-state index is 5.27. The highest BCUT2D eigenvalue weighted by molar-refractivity contribution is 5.86. The van der Waals surface area contributed by atoms with E-state index in [1.807, 2.05) is 6.07 Å². The molecule has 0 aliphatic carbocycles. The van der Waals surface area contributed by atoms with E-state index in [1.54, 1.807) is 7.11 Å². The van der Waals surface area contributed by atoms with E-state index in [-0.39, 0.29) is 0 Å². The van der Waals surface area contributed by atoms with Gasteiger partial charge in [-0.25, -0.2) is 0 Å². The Kier molecular flexibility index (Phi) is 5.40. The normalized spacial score (nSPS) is 12.1. The third-order valence-corrected chi connectivity index (χ3v) is 3.63. The number of benzene rings is 2. The average molecular weight is 283 g/mol. The zero-order valence-corrected chi connectivity index (χ0v) is 13.4. The van der Waals surface area contributed by atoms with Gasteiger partial charge in [0.05, 0.1) is 7.11 Å². The molecule has 0 aliphatic rings. The molecule has 0 saturated carbocycles. The van der Waals surface area contributed by atoms with E-state index in [1.165, 1.54) is 21.9 Å². The minimum atomic E-state index is 0.518. The van der Waals surface area contributed by atoms with Gasteiger partial charge in [0.1, 0.15) is 5.75 Å². The van der Waals surface area contributed by atoms with Gasteiger partial charge in [0, 0.05) is 12.6 Å². The molecule has 0 saturated heterocycles. The molecular formula is C19H25NO. The fourth-order valence-corrected chi connectivity index (χ4v) is 2.31. The first-order valence-corrected chi connectivity index (χ1v) is 7.63. The highest BCUT2D eigenvalue weighted by Crippen LogP contribution is 2.23. The summed E-state index contributed by atoms with van der Waals surface area (Å²) in [5.41, 5.74) is 2.69. The van der Waals surface area contributed by atoms with Crippen LogP contribution in [0.5, 0.6) is 5.75 Å². The topological polar surface area (TPSA) is 21.3 Å². The number of ether oxygens (including phenoxy) is 1. The molecule has 2 heteroatoms. The smallest absolute Gasteiger partial charge is 0.119 e. The molecule has 0 aromatic heterocycles. The molecule has 2 nitrogen and oxygen atoms in total. The summed E-state index contributed by atoms with van der Waals surface area (Å²) in [7, 11) is 1.70. The van der Waals surface area contributed by atoms with Crippen LogP contribution in [0.3, 0.4) is 0 Å². The summed E-state index contributed by atoms with van der Waals surface area (Å²) in [5, 5.41) is 5.94. The van der Waals surface area contributed by atoms with Crippen LogP contribution >= 0.6 is 0 Å². The zero-order valence-electron chi connectivity index (χ0n) is 13.4. The van der Waals surface area contributed by atoms with Crippen LogP contribution in [-0.4, -0.2) is 19.7 Å². The molecule has 0 atom stereocenters. The van der Waals surface area contributed by atoms with Crippen molar-refractivity contribution in [2.45, 2.75) is 33.2 Å². The Bertz CT molecular complexity index is 628. The lowest BCUT2D eigenvalue weighted by Crippen LogP contribution is -2.24. The Morgan fingerprint density at radius 1 is 1.14 bits per heavy atom. The van der Waals surface area contributed by atoms with Crippen LogP contribution < -0.4 is 10.1 Å². The van der Waals surface area contributed by atoms with E-state index in [2.05, 4.69) is 62.5 Å². The molecule has 0 radical (unpaired) electrons. The first kappa shape index (κ1) is 15.6. The van der Waals surface area contributed by atoms with Crippen LogP contribution in [-0.2, 0) is 0 Å². The van der Waals surface area contributed by atoms with Gasteiger partial charge >= 0.3 is 0 Å². The molecule has 1 N–H and O–H groups in total. The summed E-state index contributed by atoms with van der Waals surface area (Å²) >= 11 is 0. The lowest BCUT2D eigenvalue weighted by Gasteiger charge is -2.10. The van der Waals surface area contributed by atoms with Gasteiger partial charge in [0.25, 0.3) is 0 Å². The second-order valence-corrected chi connectivity index (χ2v) is 5.66. The van der Waals surface area contributed by atoms with E-state index in [0.29, 0.717) is 6.04 Å². The second-order valence-electron chi connectivity index (χ2n) is 5.66. The summed E-state index contributed by atoms with van der Waals surface area (Å²) in [4.78, 5) is 0. The highest BCUT2D eigenvalue weighted by atomic mass is 16.5. The minimum absolute atomic E-state index is 0.518. The van der Waals surface area contributed by atoms with E-state index in [0.717, 1.165) is 18.7 Å². The molecule has 112 valence electrons. The maximum atomic E-state index is 5.27. The van der Waals surface area contributed by atoms with Gasteiger partial charge in [-0.1, -0.05) is 50.6 Å². The van der Waals surface area contributed by atoms with Crippen molar-refractivity contribution in [1.82, 2.24) is 5.32 Å². The lowest BCUT2D eigenvalue weighted by molar-refractivity contribution is 0.415. The van der Waals surface area contributed by atoms with Crippen LogP contribution in [0.2, 0.25) is 0 Å². The second kappa shape index (κ2) is 7.28. The van der Waals surface area contributed by atoms with E-state index in [9.17, 15) is 0 Å². The van der Waals surface area contributed by atoms with Crippen molar-refractivity contribution in [3.8, 4) is 5.75 Å². The first-order valence-electron chi connectivity index (χ1n) is 7.63. The van der Waals surface area contributed by atoms with Crippen LogP contribution in [0.25, 0.3) is 16.8 Å². The van der Waals surface area contributed by atoms with Gasteiger partial charge in [-0.15, -0.1) is 0 Å². The number of nitrogens with one attached hydrogen (secondary N) is 1. The molecule has 21 heavy (non-hydrogen) atoms. The molecular weight excluding hydrogens is 258 g/mol. The molecule has 2 rings (SSSR count). The minimum Gasteiger partial charge on any atom is -0.497 e. The van der Waals surface area contributed by atoms with Crippen LogP contribution in [0.1, 0.15) is 32.8 Å². The van der Waals surface area contributed by atoms with Crippen molar-refractivity contribution in [3.63, 3.8) is 0 Å². The van der Waals surface area contributed by atoms with Crippen molar-refractivity contribution >= 4 is 16.8 Å². The van der Waals surface area contributed by atoms with Crippen molar-refractivity contribution in [3.05, 3.63) is 47.5 Å². The van der Waals surface area contributed by atoms with Gasteiger partial charge in [-0.2, -0.15) is 0 Å². The molecule has 0 fully saturated rings. The van der Waals surface area contributed by atoms with E-state index >= 15 is 0 Å². The Morgan fingerprint density at radius 2 is 1.86 bits per heavy atom. The third kappa shape index (κ3) is 4.33. The molecule has 0 heterocycles. The van der Waals surface area contributed by atoms with Gasteiger partial charge in [0.2, 0.25) is 0 Å². The summed E-state index contributed by atoms with van der Waals surface area (Å²) < 4.78 is 5.27. The van der Waals surface area contributed by atoms with Gasteiger partial charge in [-0.05, 0) is 41.0 Å². The fourth-order valence-electron chi connectivity index (χ4n) is 2.31. The Morgan fingerprint density at radius 3 is 2.52 bits per heavy atom. The standard InChI is InChI=1S/C19H25NO/c1-5-15(13-20-14(2)3)10-16-6-7-18-12-19(21-4)9-8-17(18)11-16/h6-12,14,20H,5,13H2,1-4H3. The third-order valence-electron chi connectivity index (χ3n) is 3.63. The number of rotatable bonds is 6. The Balaban J connectivity index is 2.25. The van der Waals surface area contributed by atoms with Crippen molar-refractivity contribution in [1.29, 1.82) is 0 Å². The molecule has 0 bridgehead atoms. The largest absolute Gasteiger partial charge is 0.497 e. The summed E-state index contributed by atoms with van der Waals surface area (Å²) in [6, 6.07) is 13.3. The predicted molar refractivity (Wildman–Crippen MR) is 91.9 cm³/mol. The van der Waals surface area contributed by atoms with Crippen LogP contribution in [0.4, 0.5) is 0 Å². The number of hydrogen-bond acceptors (Lipinski definition) is 2. The van der Waals surface area contributed by atoms with Crippen LogP contribution in [0, 0.1) is 0 Å². The molecule has 0 spiro atoms. The van der Waals surface area contributed by atoms with E-state index < -0.39 is 0 Å². The predicted octanol–water partition coefficient (Wildman–Crippen LogP) is 4.64. The molecule has 0 unspecified atom stereocenters.